The van der Waals surface area contributed by atoms with Gasteiger partial charge in [0.1, 0.15) is 11.7 Å². The molecule has 1 atom stereocenters. The molecule has 2 aromatic carbocycles. The monoisotopic (exact) mass is 886 g/mol. The zero-order valence-electron chi connectivity index (χ0n) is 36.2. The third kappa shape index (κ3) is 9.76. The number of amides is 2. The van der Waals surface area contributed by atoms with Crippen LogP contribution in [-0.4, -0.2) is 139 Å². The molecule has 0 unspecified atom stereocenters. The number of hydrogen-bond acceptors (Lipinski definition) is 11. The van der Waals surface area contributed by atoms with Crippen molar-refractivity contribution >= 4 is 39.8 Å². The lowest BCUT2D eigenvalue weighted by atomic mass is 9.93. The van der Waals surface area contributed by atoms with E-state index in [4.69, 9.17) is 4.74 Å². The van der Waals surface area contributed by atoms with Gasteiger partial charge in [0.15, 0.2) is 0 Å². The highest BCUT2D eigenvalue weighted by Gasteiger charge is 2.34. The second-order valence-corrected chi connectivity index (χ2v) is 17.9. The second kappa shape index (κ2) is 18.8. The molecule has 4 fully saturated rings. The van der Waals surface area contributed by atoms with Gasteiger partial charge in [0.25, 0.3) is 0 Å². The molecule has 0 bridgehead atoms. The van der Waals surface area contributed by atoms with Crippen LogP contribution in [0.3, 0.4) is 0 Å². The summed E-state index contributed by atoms with van der Waals surface area (Å²) in [5.74, 6) is -0.572. The number of carbonyl (C=O) groups is 2. The van der Waals surface area contributed by atoms with Crippen molar-refractivity contribution in [2.24, 2.45) is 7.05 Å². The number of ether oxygens (including phenoxy) is 1. The summed E-state index contributed by atoms with van der Waals surface area (Å²) in [5.41, 5.74) is 6.15. The average Bonchev–Trinajstić information content (AvgIpc) is 3.75. The van der Waals surface area contributed by atoms with Crippen LogP contribution in [0.5, 0.6) is 0 Å². The predicted molar refractivity (Wildman–Crippen MR) is 236 cm³/mol. The van der Waals surface area contributed by atoms with Crippen LogP contribution in [0.2, 0.25) is 0 Å². The van der Waals surface area contributed by atoms with Gasteiger partial charge in [0, 0.05) is 108 Å². The number of aliphatic hydroxyl groups excluding tert-OH is 1. The maximum absolute atomic E-state index is 13.1. The van der Waals surface area contributed by atoms with Gasteiger partial charge in [-0.15, -0.1) is 0 Å². The summed E-state index contributed by atoms with van der Waals surface area (Å²) in [7, 11) is 1.70. The van der Waals surface area contributed by atoms with Gasteiger partial charge >= 0.3 is 11.9 Å². The summed E-state index contributed by atoms with van der Waals surface area (Å²) in [6.07, 6.45) is 2.47. The van der Waals surface area contributed by atoms with E-state index in [0.717, 1.165) is 92.8 Å². The first-order valence-electron chi connectivity index (χ1n) is 22.6. The van der Waals surface area contributed by atoms with Gasteiger partial charge in [-0.25, -0.2) is 9.78 Å². The summed E-state index contributed by atoms with van der Waals surface area (Å²) in [4.78, 5) is 53.9. The van der Waals surface area contributed by atoms with Crippen molar-refractivity contribution in [2.45, 2.75) is 88.3 Å². The molecule has 3 saturated heterocycles. The minimum Gasteiger partial charge on any atom is -0.393 e. The van der Waals surface area contributed by atoms with Crippen molar-refractivity contribution in [3.63, 3.8) is 0 Å². The maximum Gasteiger partial charge on any atom is 0.390 e. The Morgan fingerprint density at radius 1 is 0.891 bits per heavy atom. The largest absolute Gasteiger partial charge is 0.393 e. The average molecular weight is 887 g/mol. The number of alkyl halides is 3. The summed E-state index contributed by atoms with van der Waals surface area (Å²) in [5, 5.41) is 16.1. The van der Waals surface area contributed by atoms with Crippen molar-refractivity contribution in [3.8, 4) is 11.1 Å². The van der Waals surface area contributed by atoms with Crippen LogP contribution >= 0.6 is 0 Å². The molecule has 3 aliphatic heterocycles. The van der Waals surface area contributed by atoms with Crippen molar-refractivity contribution in [1.29, 1.82) is 0 Å². The number of aryl methyl sites for hydroxylation is 1. The SMILES string of the molecule is Cn1c(=O)n([C@H]2CCC(=O)NC2=O)c2ccc(CCOCCN3CC(N4CCN(Cc5ccc(-c6cn(C7CCC(O)CC7)c7nc(NCCC(F)(F)F)ncc67)cc5)CC4)C3)cc21. The fraction of sp³-hybridized carbons (Fsp3) is 0.543. The summed E-state index contributed by atoms with van der Waals surface area (Å²) >= 11 is 0. The number of imidazole rings is 1. The van der Waals surface area contributed by atoms with Gasteiger partial charge in [-0.2, -0.15) is 18.2 Å². The normalized spacial score (nSPS) is 22.0. The summed E-state index contributed by atoms with van der Waals surface area (Å²) < 4.78 is 49.6. The van der Waals surface area contributed by atoms with Crippen LogP contribution in [0.25, 0.3) is 33.2 Å². The van der Waals surface area contributed by atoms with Crippen LogP contribution in [0.1, 0.15) is 68.2 Å². The fourth-order valence-corrected chi connectivity index (χ4v) is 9.85. The maximum atomic E-state index is 13.1. The molecular formula is C46H57F3N10O5. The molecule has 18 heteroatoms. The number of benzene rings is 2. The molecule has 15 nitrogen and oxygen atoms in total. The van der Waals surface area contributed by atoms with E-state index in [1.807, 2.05) is 18.2 Å². The van der Waals surface area contributed by atoms with Crippen LogP contribution in [0, 0.1) is 0 Å². The molecule has 0 radical (unpaired) electrons. The van der Waals surface area contributed by atoms with Crippen LogP contribution in [0.15, 0.2) is 59.7 Å². The minimum atomic E-state index is -4.26. The van der Waals surface area contributed by atoms with Crippen molar-refractivity contribution < 1.29 is 32.6 Å². The number of piperazine rings is 1. The number of fused-ring (bicyclic) bond motifs is 2. The zero-order chi connectivity index (χ0) is 44.5. The molecule has 9 rings (SSSR count). The number of aliphatic hydroxyl groups is 1. The molecule has 3 aromatic heterocycles. The summed E-state index contributed by atoms with van der Waals surface area (Å²) in [6, 6.07) is 14.4. The van der Waals surface area contributed by atoms with E-state index < -0.39 is 24.5 Å². The molecule has 1 saturated carbocycles. The molecule has 342 valence electrons. The van der Waals surface area contributed by atoms with Gasteiger partial charge in [-0.1, -0.05) is 30.3 Å². The molecule has 4 aliphatic rings. The lowest BCUT2D eigenvalue weighted by Gasteiger charge is -2.48. The van der Waals surface area contributed by atoms with Gasteiger partial charge < -0.3 is 19.7 Å². The fourth-order valence-electron chi connectivity index (χ4n) is 9.85. The Morgan fingerprint density at radius 3 is 2.38 bits per heavy atom. The molecule has 5 aromatic rings. The number of carbonyl (C=O) groups excluding carboxylic acids is 2. The highest BCUT2D eigenvalue weighted by molar-refractivity contribution is 6.00. The van der Waals surface area contributed by atoms with Gasteiger partial charge in [-0.3, -0.25) is 38.7 Å². The van der Waals surface area contributed by atoms with E-state index in [9.17, 15) is 32.7 Å². The molecule has 64 heavy (non-hydrogen) atoms. The predicted octanol–water partition coefficient (Wildman–Crippen LogP) is 4.63. The molecule has 6 heterocycles. The number of anilines is 1. The quantitative estimate of drug-likeness (QED) is 0.0997. The third-order valence-corrected chi connectivity index (χ3v) is 13.6. The van der Waals surface area contributed by atoms with Gasteiger partial charge in [-0.05, 0) is 67.3 Å². The van der Waals surface area contributed by atoms with E-state index in [0.29, 0.717) is 56.1 Å². The third-order valence-electron chi connectivity index (χ3n) is 13.6. The highest BCUT2D eigenvalue weighted by Crippen LogP contribution is 2.37. The Morgan fingerprint density at radius 2 is 1.64 bits per heavy atom. The first-order valence-corrected chi connectivity index (χ1v) is 22.6. The Kier molecular flexibility index (Phi) is 12.9. The van der Waals surface area contributed by atoms with Crippen LogP contribution in [-0.2, 0) is 34.3 Å². The topological polar surface area (TPSA) is 155 Å². The number of rotatable bonds is 15. The van der Waals surface area contributed by atoms with Crippen molar-refractivity contribution in [3.05, 3.63) is 76.5 Å². The number of halogens is 3. The Hall–Kier alpha value is -5.14. The molecule has 3 N–H and O–H groups in total. The number of nitrogens with one attached hydrogen (secondary N) is 2. The van der Waals surface area contributed by atoms with E-state index in [-0.39, 0.29) is 42.7 Å². The number of likely N-dealkylation sites (tertiary alicyclic amines) is 1. The molecule has 1 aliphatic carbocycles. The van der Waals surface area contributed by atoms with Gasteiger partial charge in [0.05, 0.1) is 36.8 Å². The van der Waals surface area contributed by atoms with Crippen molar-refractivity contribution in [1.82, 2.24) is 43.7 Å². The Bertz CT molecular complexity index is 2520. The van der Waals surface area contributed by atoms with Crippen LogP contribution in [0.4, 0.5) is 19.1 Å². The number of nitrogens with zero attached hydrogens (tertiary/aromatic N) is 8. The summed E-state index contributed by atoms with van der Waals surface area (Å²) in [6.45, 7) is 8.83. The number of aromatic nitrogens is 5. The molecular weight excluding hydrogens is 830 g/mol. The van der Waals surface area contributed by atoms with Crippen LogP contribution < -0.4 is 16.3 Å². The Balaban J connectivity index is 0.712. The number of piperidine rings is 1. The van der Waals surface area contributed by atoms with E-state index >= 15 is 0 Å². The first-order chi connectivity index (χ1) is 30.9. The molecule has 0 spiro atoms. The number of imide groups is 1. The smallest absolute Gasteiger partial charge is 0.390 e. The van der Waals surface area contributed by atoms with E-state index in [1.54, 1.807) is 17.8 Å². The van der Waals surface area contributed by atoms with E-state index in [2.05, 4.69) is 70.3 Å². The standard InChI is InChI=1S/C46H57F3N10O5/c1-54-40-24-30(4-11-38(40)59(45(54)63)39-12-13-41(61)52-43(39)62)14-22-64-23-21-56-27-34(28-56)57-19-17-55(18-20-57)26-31-2-5-32(6-3-31)37-29-58(33-7-9-35(60)10-8-33)42-36(37)25-51-44(53-42)50-16-15-46(47,48)49/h2-6,11,24-25,29,33-35,39,60H,7-10,12-23,26-28H2,1H3,(H,50,51,53)(H,52,61,62)/t33?,35?,39-/m0/s1. The lowest BCUT2D eigenvalue weighted by Crippen LogP contribution is -2.63. The lowest BCUT2D eigenvalue weighted by molar-refractivity contribution is -0.136. The highest BCUT2D eigenvalue weighted by atomic mass is 19.4. The molecule has 2 amide bonds. The minimum absolute atomic E-state index is 0.134. The second-order valence-electron chi connectivity index (χ2n) is 17.9. The van der Waals surface area contributed by atoms with Gasteiger partial charge in [0.2, 0.25) is 17.8 Å². The van der Waals surface area contributed by atoms with E-state index in [1.165, 1.54) is 10.1 Å². The first kappa shape index (κ1) is 44.1. The number of hydrogen-bond donors (Lipinski definition) is 3. The van der Waals surface area contributed by atoms with Crippen molar-refractivity contribution in [2.75, 3.05) is 70.9 Å². The Labute approximate surface area is 369 Å². The zero-order valence-corrected chi connectivity index (χ0v) is 36.2.